The van der Waals surface area contributed by atoms with Gasteiger partial charge in [0.1, 0.15) is 16.3 Å². The van der Waals surface area contributed by atoms with Crippen LogP contribution in [-0.4, -0.2) is 19.9 Å². The van der Waals surface area contributed by atoms with Gasteiger partial charge in [0.05, 0.1) is 11.6 Å². The Morgan fingerprint density at radius 3 is 2.74 bits per heavy atom. The monoisotopic (exact) mass is 373 g/mol. The van der Waals surface area contributed by atoms with Gasteiger partial charge in [-0.25, -0.2) is 15.0 Å². The number of hydrogen-bond donors (Lipinski definition) is 1. The maximum atomic E-state index is 4.85. The maximum absolute atomic E-state index is 4.85. The van der Waals surface area contributed by atoms with Gasteiger partial charge in [-0.05, 0) is 36.8 Å². The molecule has 1 aliphatic carbocycles. The summed E-state index contributed by atoms with van der Waals surface area (Å²) in [5.41, 5.74) is 3.37. The standard InChI is InChI=1S/C21H19N5S/c1-2-6-14(7-3-1)12-24-20-18-15-8-4-5-9-17(15)27-21(18)26-19(25-20)16-13-22-10-11-23-16/h1-3,6-7,10-11,13H,4-5,8-9,12H2,(H,24,25,26). The molecule has 0 spiro atoms. The number of anilines is 1. The smallest absolute Gasteiger partial charge is 0.183 e. The van der Waals surface area contributed by atoms with Crippen molar-refractivity contribution in [3.63, 3.8) is 0 Å². The van der Waals surface area contributed by atoms with Crippen LogP contribution in [0.1, 0.15) is 28.8 Å². The molecule has 0 saturated carbocycles. The Balaban J connectivity index is 1.62. The van der Waals surface area contributed by atoms with Crippen molar-refractivity contribution in [2.45, 2.75) is 32.2 Å². The SMILES string of the molecule is c1ccc(CNc2nc(-c3cnccn3)nc3sc4c(c23)CCCC4)cc1. The fourth-order valence-corrected chi connectivity index (χ4v) is 4.86. The van der Waals surface area contributed by atoms with Crippen LogP contribution in [0, 0.1) is 0 Å². The van der Waals surface area contributed by atoms with Crippen molar-refractivity contribution in [2.75, 3.05) is 5.32 Å². The predicted molar refractivity (Wildman–Crippen MR) is 109 cm³/mol. The molecule has 3 heterocycles. The molecule has 0 aliphatic heterocycles. The average molecular weight is 373 g/mol. The minimum Gasteiger partial charge on any atom is -0.365 e. The Hall–Kier alpha value is -2.86. The number of nitrogens with zero attached hydrogens (tertiary/aromatic N) is 4. The molecular weight excluding hydrogens is 354 g/mol. The van der Waals surface area contributed by atoms with Crippen LogP contribution in [0.5, 0.6) is 0 Å². The van der Waals surface area contributed by atoms with Crippen LogP contribution in [0.2, 0.25) is 0 Å². The topological polar surface area (TPSA) is 63.6 Å². The number of thiophene rings is 1. The van der Waals surface area contributed by atoms with E-state index in [1.54, 1.807) is 29.9 Å². The van der Waals surface area contributed by atoms with Crippen molar-refractivity contribution < 1.29 is 0 Å². The molecule has 4 aromatic rings. The van der Waals surface area contributed by atoms with Gasteiger partial charge < -0.3 is 5.32 Å². The lowest BCUT2D eigenvalue weighted by atomic mass is 9.97. The summed E-state index contributed by atoms with van der Waals surface area (Å²) in [6.07, 6.45) is 9.83. The summed E-state index contributed by atoms with van der Waals surface area (Å²) in [5.74, 6) is 1.54. The predicted octanol–water partition coefficient (Wildman–Crippen LogP) is 4.64. The lowest BCUT2D eigenvalue weighted by molar-refractivity contribution is 0.700. The highest BCUT2D eigenvalue weighted by molar-refractivity contribution is 7.19. The van der Waals surface area contributed by atoms with E-state index in [1.807, 2.05) is 6.07 Å². The zero-order chi connectivity index (χ0) is 18.1. The number of nitrogens with one attached hydrogen (secondary N) is 1. The first-order valence-electron chi connectivity index (χ1n) is 9.25. The van der Waals surface area contributed by atoms with Gasteiger partial charge >= 0.3 is 0 Å². The molecule has 1 aliphatic rings. The molecule has 0 amide bonds. The van der Waals surface area contributed by atoms with Gasteiger partial charge in [-0.15, -0.1) is 11.3 Å². The molecule has 0 bridgehead atoms. The second kappa shape index (κ2) is 7.04. The van der Waals surface area contributed by atoms with Crippen LogP contribution in [0.15, 0.2) is 48.9 Å². The normalized spacial score (nSPS) is 13.5. The van der Waals surface area contributed by atoms with E-state index in [2.05, 4.69) is 39.6 Å². The average Bonchev–Trinajstić information content (AvgIpc) is 3.12. The number of aryl methyl sites for hydroxylation is 2. The summed E-state index contributed by atoms with van der Waals surface area (Å²) in [6, 6.07) is 10.4. The Kier molecular flexibility index (Phi) is 4.26. The van der Waals surface area contributed by atoms with Crippen molar-refractivity contribution in [3.05, 3.63) is 64.9 Å². The largest absolute Gasteiger partial charge is 0.365 e. The van der Waals surface area contributed by atoms with Crippen LogP contribution in [0.3, 0.4) is 0 Å². The number of hydrogen-bond acceptors (Lipinski definition) is 6. The van der Waals surface area contributed by atoms with Crippen LogP contribution in [0.25, 0.3) is 21.7 Å². The minimum absolute atomic E-state index is 0.629. The molecule has 5 rings (SSSR count). The first-order chi connectivity index (χ1) is 13.4. The summed E-state index contributed by atoms with van der Waals surface area (Å²) in [5, 5.41) is 4.75. The Morgan fingerprint density at radius 2 is 1.89 bits per heavy atom. The van der Waals surface area contributed by atoms with E-state index in [4.69, 9.17) is 9.97 Å². The van der Waals surface area contributed by atoms with Crippen molar-refractivity contribution in [1.82, 2.24) is 19.9 Å². The first-order valence-corrected chi connectivity index (χ1v) is 10.1. The van der Waals surface area contributed by atoms with E-state index in [1.165, 1.54) is 34.2 Å². The molecule has 0 unspecified atom stereocenters. The maximum Gasteiger partial charge on any atom is 0.183 e. The molecule has 0 saturated heterocycles. The van der Waals surface area contributed by atoms with E-state index in [0.717, 1.165) is 30.0 Å². The molecule has 6 heteroatoms. The second-order valence-electron chi connectivity index (χ2n) is 6.72. The van der Waals surface area contributed by atoms with Crippen molar-refractivity contribution in [3.8, 4) is 11.5 Å². The number of benzene rings is 1. The van der Waals surface area contributed by atoms with E-state index in [0.29, 0.717) is 11.5 Å². The molecule has 1 aromatic carbocycles. The zero-order valence-corrected chi connectivity index (χ0v) is 15.7. The van der Waals surface area contributed by atoms with Gasteiger partial charge in [-0.2, -0.15) is 0 Å². The summed E-state index contributed by atoms with van der Waals surface area (Å²) in [6.45, 7) is 0.734. The van der Waals surface area contributed by atoms with Gasteiger partial charge in [0.25, 0.3) is 0 Å². The Morgan fingerprint density at radius 1 is 1.00 bits per heavy atom. The van der Waals surface area contributed by atoms with Gasteiger partial charge in [0, 0.05) is 23.8 Å². The molecule has 134 valence electrons. The van der Waals surface area contributed by atoms with Crippen molar-refractivity contribution in [2.24, 2.45) is 0 Å². The second-order valence-corrected chi connectivity index (χ2v) is 7.80. The third-order valence-corrected chi connectivity index (χ3v) is 6.10. The molecular formula is C21H19N5S. The lowest BCUT2D eigenvalue weighted by Gasteiger charge is -2.13. The van der Waals surface area contributed by atoms with Gasteiger partial charge in [0.15, 0.2) is 5.82 Å². The fraction of sp³-hybridized carbons (Fsp3) is 0.238. The summed E-state index contributed by atoms with van der Waals surface area (Å²) in [7, 11) is 0. The summed E-state index contributed by atoms with van der Waals surface area (Å²) < 4.78 is 0. The molecule has 3 aromatic heterocycles. The molecule has 27 heavy (non-hydrogen) atoms. The molecule has 5 nitrogen and oxygen atoms in total. The third-order valence-electron chi connectivity index (χ3n) is 4.91. The van der Waals surface area contributed by atoms with E-state index < -0.39 is 0 Å². The van der Waals surface area contributed by atoms with Gasteiger partial charge in [-0.3, -0.25) is 4.98 Å². The van der Waals surface area contributed by atoms with Crippen LogP contribution >= 0.6 is 11.3 Å². The molecule has 0 radical (unpaired) electrons. The fourth-order valence-electron chi connectivity index (χ4n) is 3.60. The van der Waals surface area contributed by atoms with Crippen molar-refractivity contribution >= 4 is 27.4 Å². The lowest BCUT2D eigenvalue weighted by Crippen LogP contribution is -2.06. The summed E-state index contributed by atoms with van der Waals surface area (Å²) in [4.78, 5) is 20.7. The van der Waals surface area contributed by atoms with Crippen molar-refractivity contribution in [1.29, 1.82) is 0 Å². The van der Waals surface area contributed by atoms with E-state index >= 15 is 0 Å². The first kappa shape index (κ1) is 16.3. The number of rotatable bonds is 4. The summed E-state index contributed by atoms with van der Waals surface area (Å²) >= 11 is 1.81. The van der Waals surface area contributed by atoms with Crippen LogP contribution in [-0.2, 0) is 19.4 Å². The van der Waals surface area contributed by atoms with Crippen LogP contribution in [0.4, 0.5) is 5.82 Å². The highest BCUT2D eigenvalue weighted by Gasteiger charge is 2.21. The van der Waals surface area contributed by atoms with Gasteiger partial charge in [0.2, 0.25) is 0 Å². The molecule has 0 atom stereocenters. The Labute approximate surface area is 161 Å². The molecule has 1 N–H and O–H groups in total. The number of aromatic nitrogens is 4. The van der Waals surface area contributed by atoms with Crippen LogP contribution < -0.4 is 5.32 Å². The van der Waals surface area contributed by atoms with E-state index in [9.17, 15) is 0 Å². The molecule has 0 fully saturated rings. The minimum atomic E-state index is 0.629. The zero-order valence-electron chi connectivity index (χ0n) is 14.9. The third kappa shape index (κ3) is 3.17. The quantitative estimate of drug-likeness (QED) is 0.565. The number of fused-ring (bicyclic) bond motifs is 3. The Bertz CT molecular complexity index is 1080. The highest BCUT2D eigenvalue weighted by Crippen LogP contribution is 2.39. The highest BCUT2D eigenvalue weighted by atomic mass is 32.1. The van der Waals surface area contributed by atoms with E-state index in [-0.39, 0.29) is 0 Å². The van der Waals surface area contributed by atoms with Gasteiger partial charge in [-0.1, -0.05) is 30.3 Å².